The molecule has 0 radical (unpaired) electrons. The van der Waals surface area contributed by atoms with Gasteiger partial charge in [0.05, 0.1) is 0 Å². The molecule has 1 saturated heterocycles. The molecule has 0 bridgehead atoms. The zero-order chi connectivity index (χ0) is 18.7. The average molecular weight is 354 g/mol. The molecule has 1 aliphatic rings. The van der Waals surface area contributed by atoms with Crippen molar-refractivity contribution in [1.82, 2.24) is 14.9 Å². The average Bonchev–Trinajstić information content (AvgIpc) is 3.11. The number of hydrogen-bond acceptors (Lipinski definition) is 3. The Morgan fingerprint density at radius 1 is 1.23 bits per heavy atom. The summed E-state index contributed by atoms with van der Waals surface area (Å²) < 4.78 is 1.99. The van der Waals surface area contributed by atoms with E-state index in [2.05, 4.69) is 60.2 Å². The topological polar surface area (TPSA) is 50.2 Å². The lowest BCUT2D eigenvalue weighted by Crippen LogP contribution is -2.46. The van der Waals surface area contributed by atoms with Crippen molar-refractivity contribution < 1.29 is 4.79 Å². The Morgan fingerprint density at radius 3 is 2.62 bits per heavy atom. The summed E-state index contributed by atoms with van der Waals surface area (Å²) in [5, 5.41) is 3.24. The van der Waals surface area contributed by atoms with Crippen LogP contribution in [0.4, 0.5) is 5.69 Å². The zero-order valence-corrected chi connectivity index (χ0v) is 16.3. The fourth-order valence-electron chi connectivity index (χ4n) is 3.65. The van der Waals surface area contributed by atoms with E-state index in [-0.39, 0.29) is 18.0 Å². The second kappa shape index (κ2) is 7.94. The van der Waals surface area contributed by atoms with Crippen LogP contribution in [0, 0.1) is 6.92 Å². The maximum atomic E-state index is 12.7. The van der Waals surface area contributed by atoms with E-state index in [9.17, 15) is 4.79 Å². The van der Waals surface area contributed by atoms with Crippen LogP contribution in [0.1, 0.15) is 57.0 Å². The Balaban J connectivity index is 1.55. The van der Waals surface area contributed by atoms with Gasteiger partial charge in [-0.05, 0) is 44.4 Å². The first-order valence-electron chi connectivity index (χ1n) is 9.60. The molecule has 5 heteroatoms. The van der Waals surface area contributed by atoms with Crippen LogP contribution in [0.5, 0.6) is 0 Å². The number of amides is 1. The second-order valence-electron chi connectivity index (χ2n) is 7.63. The van der Waals surface area contributed by atoms with E-state index in [0.29, 0.717) is 5.92 Å². The van der Waals surface area contributed by atoms with Crippen LogP contribution in [0.2, 0.25) is 0 Å². The summed E-state index contributed by atoms with van der Waals surface area (Å²) in [7, 11) is 0. The first-order chi connectivity index (χ1) is 12.5. The number of imidazole rings is 1. The highest BCUT2D eigenvalue weighted by atomic mass is 16.2. The Morgan fingerprint density at radius 2 is 1.96 bits per heavy atom. The Hall–Kier alpha value is -2.30. The first kappa shape index (κ1) is 18.5. The van der Waals surface area contributed by atoms with Crippen LogP contribution < -0.4 is 10.2 Å². The fourth-order valence-corrected chi connectivity index (χ4v) is 3.65. The summed E-state index contributed by atoms with van der Waals surface area (Å²) in [6.45, 7) is 10.2. The Bertz CT molecular complexity index is 744. The zero-order valence-electron chi connectivity index (χ0n) is 16.3. The summed E-state index contributed by atoms with van der Waals surface area (Å²) in [6.07, 6.45) is 5.64. The minimum atomic E-state index is -0.232. The molecule has 1 aromatic heterocycles. The number of anilines is 1. The fraction of sp³-hybridized carbons (Fsp3) is 0.524. The van der Waals surface area contributed by atoms with Crippen molar-refractivity contribution in [2.24, 2.45) is 0 Å². The second-order valence-corrected chi connectivity index (χ2v) is 7.63. The van der Waals surface area contributed by atoms with Crippen molar-refractivity contribution in [3.63, 3.8) is 0 Å². The molecule has 3 rings (SSSR count). The monoisotopic (exact) mass is 354 g/mol. The molecule has 26 heavy (non-hydrogen) atoms. The van der Waals surface area contributed by atoms with Gasteiger partial charge in [-0.2, -0.15) is 0 Å². The number of aryl methyl sites for hydroxylation is 1. The van der Waals surface area contributed by atoms with Crippen LogP contribution in [-0.4, -0.2) is 34.6 Å². The maximum absolute atomic E-state index is 12.7. The van der Waals surface area contributed by atoms with Crippen LogP contribution >= 0.6 is 0 Å². The van der Waals surface area contributed by atoms with Crippen LogP contribution in [0.15, 0.2) is 36.7 Å². The van der Waals surface area contributed by atoms with Gasteiger partial charge in [-0.25, -0.2) is 4.98 Å². The number of nitrogens with one attached hydrogen (secondary N) is 1. The molecule has 1 N–H and O–H groups in total. The van der Waals surface area contributed by atoms with E-state index in [1.54, 1.807) is 6.20 Å². The molecule has 0 unspecified atom stereocenters. The summed E-state index contributed by atoms with van der Waals surface area (Å²) in [6, 6.07) is 8.65. The number of piperidine rings is 1. The van der Waals surface area contributed by atoms with Crippen molar-refractivity contribution in [3.05, 3.63) is 48.0 Å². The van der Waals surface area contributed by atoms with Crippen molar-refractivity contribution >= 4 is 11.6 Å². The highest BCUT2D eigenvalue weighted by Crippen LogP contribution is 2.22. The van der Waals surface area contributed by atoms with E-state index >= 15 is 0 Å². The highest BCUT2D eigenvalue weighted by Gasteiger charge is 2.25. The molecule has 1 aliphatic heterocycles. The van der Waals surface area contributed by atoms with Gasteiger partial charge in [0.2, 0.25) is 5.91 Å². The lowest BCUT2D eigenvalue weighted by Gasteiger charge is -2.34. The van der Waals surface area contributed by atoms with Gasteiger partial charge < -0.3 is 14.8 Å². The molecular weight excluding hydrogens is 324 g/mol. The third-order valence-electron chi connectivity index (χ3n) is 5.22. The molecule has 1 amide bonds. The van der Waals surface area contributed by atoms with Crippen LogP contribution in [-0.2, 0) is 4.79 Å². The number of carbonyl (C=O) groups is 1. The molecule has 140 valence electrons. The summed E-state index contributed by atoms with van der Waals surface area (Å²) in [5.74, 6) is 1.35. The minimum absolute atomic E-state index is 0.0823. The molecule has 2 heterocycles. The SMILES string of the molecule is Cc1cccc(N2CCC(NC(=O)[C@H](C)n3ccnc3C(C)C)CC2)c1. The van der Waals surface area contributed by atoms with Crippen LogP contribution in [0.3, 0.4) is 0 Å². The first-order valence-corrected chi connectivity index (χ1v) is 9.60. The van der Waals surface area contributed by atoms with Gasteiger partial charge in [0, 0.05) is 43.1 Å². The van der Waals surface area contributed by atoms with Crippen molar-refractivity contribution in [1.29, 1.82) is 0 Å². The summed E-state index contributed by atoms with van der Waals surface area (Å²) >= 11 is 0. The number of aromatic nitrogens is 2. The number of rotatable bonds is 5. The number of benzene rings is 1. The maximum Gasteiger partial charge on any atom is 0.243 e. The van der Waals surface area contributed by atoms with Gasteiger partial charge in [0.1, 0.15) is 11.9 Å². The predicted octanol–water partition coefficient (Wildman–Crippen LogP) is 3.66. The normalized spacial score (nSPS) is 16.7. The standard InChI is InChI=1S/C21H30N4O/c1-15(2)20-22-10-13-25(20)17(4)21(26)23-18-8-11-24(12-9-18)19-7-5-6-16(3)14-19/h5-7,10,13-15,17-18H,8-9,11-12H2,1-4H3,(H,23,26)/t17-/m0/s1. The third kappa shape index (κ3) is 4.09. The lowest BCUT2D eigenvalue weighted by atomic mass is 10.0. The third-order valence-corrected chi connectivity index (χ3v) is 5.22. The molecule has 0 saturated carbocycles. The van der Waals surface area contributed by atoms with Gasteiger partial charge in [-0.15, -0.1) is 0 Å². The number of nitrogens with zero attached hydrogens (tertiary/aromatic N) is 3. The molecule has 0 aliphatic carbocycles. The van der Waals surface area contributed by atoms with Crippen LogP contribution in [0.25, 0.3) is 0 Å². The Kier molecular flexibility index (Phi) is 5.64. The van der Waals surface area contributed by atoms with E-state index in [4.69, 9.17) is 0 Å². The molecule has 2 aromatic rings. The highest BCUT2D eigenvalue weighted by molar-refractivity contribution is 5.80. The van der Waals surface area contributed by atoms with E-state index in [0.717, 1.165) is 31.8 Å². The molecule has 5 nitrogen and oxygen atoms in total. The van der Waals surface area contributed by atoms with Crippen molar-refractivity contribution in [2.75, 3.05) is 18.0 Å². The largest absolute Gasteiger partial charge is 0.371 e. The minimum Gasteiger partial charge on any atom is -0.371 e. The van der Waals surface area contributed by atoms with Gasteiger partial charge >= 0.3 is 0 Å². The smallest absolute Gasteiger partial charge is 0.243 e. The van der Waals surface area contributed by atoms with Crippen molar-refractivity contribution in [3.8, 4) is 0 Å². The van der Waals surface area contributed by atoms with E-state index in [1.165, 1.54) is 11.3 Å². The summed E-state index contributed by atoms with van der Waals surface area (Å²) in [5.41, 5.74) is 2.57. The van der Waals surface area contributed by atoms with E-state index < -0.39 is 0 Å². The molecule has 1 aromatic carbocycles. The van der Waals surface area contributed by atoms with E-state index in [1.807, 2.05) is 17.7 Å². The Labute approximate surface area is 156 Å². The lowest BCUT2D eigenvalue weighted by molar-refractivity contribution is -0.124. The van der Waals surface area contributed by atoms with Gasteiger partial charge in [0.15, 0.2) is 0 Å². The van der Waals surface area contributed by atoms with Gasteiger partial charge in [-0.1, -0.05) is 26.0 Å². The molecule has 0 spiro atoms. The van der Waals surface area contributed by atoms with Gasteiger partial charge in [-0.3, -0.25) is 4.79 Å². The summed E-state index contributed by atoms with van der Waals surface area (Å²) in [4.78, 5) is 19.5. The van der Waals surface area contributed by atoms with Gasteiger partial charge in [0.25, 0.3) is 0 Å². The predicted molar refractivity (Wildman–Crippen MR) is 106 cm³/mol. The molecule has 1 atom stereocenters. The number of hydrogen-bond donors (Lipinski definition) is 1. The molecule has 1 fully saturated rings. The number of carbonyl (C=O) groups excluding carboxylic acids is 1. The quantitative estimate of drug-likeness (QED) is 0.891. The van der Waals surface area contributed by atoms with Crippen molar-refractivity contribution in [2.45, 2.75) is 58.5 Å². The molecular formula is C21H30N4O.